The molecule has 0 aliphatic rings. The molecule has 0 spiro atoms. The van der Waals surface area contributed by atoms with Crippen LogP contribution in [0.1, 0.15) is 0 Å². The van der Waals surface area contributed by atoms with Crippen molar-refractivity contribution < 1.29 is 5.11 Å². The van der Waals surface area contributed by atoms with Gasteiger partial charge in [-0.1, -0.05) is 25.7 Å². The molecule has 9 heavy (non-hydrogen) atoms. The molecule has 2 heteroatoms. The molecule has 0 aliphatic heterocycles. The zero-order valence-electron chi connectivity index (χ0n) is 6.52. The van der Waals surface area contributed by atoms with Crippen LogP contribution in [-0.2, 0) is 0 Å². The van der Waals surface area contributed by atoms with Gasteiger partial charge in [0.2, 0.25) is 0 Å². The van der Waals surface area contributed by atoms with Gasteiger partial charge in [-0.2, -0.15) is 0 Å². The molecule has 0 aromatic rings. The van der Waals surface area contributed by atoms with Crippen LogP contribution in [0.25, 0.3) is 0 Å². The molecule has 1 atom stereocenters. The molecule has 0 unspecified atom stereocenters. The van der Waals surface area contributed by atoms with Crippen LogP contribution in [0.15, 0.2) is 12.7 Å². The Kier molecular flexibility index (Phi) is 3.15. The lowest BCUT2D eigenvalue weighted by Crippen LogP contribution is -2.25. The number of rotatable bonds is 3. The maximum atomic E-state index is 9.11. The van der Waals surface area contributed by atoms with Crippen LogP contribution in [0.2, 0.25) is 25.7 Å². The molecule has 1 N–H and O–H groups in total. The van der Waals surface area contributed by atoms with Crippen LogP contribution >= 0.6 is 0 Å². The van der Waals surface area contributed by atoms with Crippen LogP contribution in [0.4, 0.5) is 0 Å². The molecule has 0 aromatic carbocycles. The Hall–Kier alpha value is -0.0831. The van der Waals surface area contributed by atoms with Crippen molar-refractivity contribution in [2.75, 3.05) is 0 Å². The van der Waals surface area contributed by atoms with Gasteiger partial charge in [0.05, 0.1) is 6.10 Å². The highest BCUT2D eigenvalue weighted by molar-refractivity contribution is 6.76. The second-order valence-corrected chi connectivity index (χ2v) is 9.10. The van der Waals surface area contributed by atoms with Gasteiger partial charge in [-0.05, 0) is 6.04 Å². The maximum absolute atomic E-state index is 9.11. The molecular formula is C7H16OSi. The smallest absolute Gasteiger partial charge is 0.0694 e. The summed E-state index contributed by atoms with van der Waals surface area (Å²) in [5.74, 6) is 0. The average Bonchev–Trinajstić information content (AvgIpc) is 1.62. The van der Waals surface area contributed by atoms with Crippen LogP contribution < -0.4 is 0 Å². The first-order chi connectivity index (χ1) is 3.95. The van der Waals surface area contributed by atoms with Crippen LogP contribution in [0.5, 0.6) is 0 Å². The quantitative estimate of drug-likeness (QED) is 0.473. The van der Waals surface area contributed by atoms with E-state index >= 15 is 0 Å². The standard InChI is InChI=1S/C7H16OSi/c1-5-7(8)6-9(2,3)4/h5,7-8H,1,6H2,2-4H3/t7-/m1/s1. The first-order valence-corrected chi connectivity index (χ1v) is 6.97. The lowest BCUT2D eigenvalue weighted by atomic mass is 10.4. The monoisotopic (exact) mass is 144 g/mol. The van der Waals surface area contributed by atoms with E-state index in [4.69, 9.17) is 5.11 Å². The fourth-order valence-electron chi connectivity index (χ4n) is 0.711. The largest absolute Gasteiger partial charge is 0.389 e. The lowest BCUT2D eigenvalue weighted by molar-refractivity contribution is 0.242. The second kappa shape index (κ2) is 3.18. The minimum absolute atomic E-state index is 0.281. The summed E-state index contributed by atoms with van der Waals surface area (Å²) in [5.41, 5.74) is 0. The summed E-state index contributed by atoms with van der Waals surface area (Å²) in [6.45, 7) is 10.2. The van der Waals surface area contributed by atoms with Crippen molar-refractivity contribution in [3.8, 4) is 0 Å². The minimum Gasteiger partial charge on any atom is -0.389 e. The third-order valence-electron chi connectivity index (χ3n) is 1.09. The fraction of sp³-hybridized carbons (Fsp3) is 0.714. The van der Waals surface area contributed by atoms with Gasteiger partial charge in [0.1, 0.15) is 0 Å². The van der Waals surface area contributed by atoms with Crippen molar-refractivity contribution in [3.63, 3.8) is 0 Å². The molecule has 0 saturated carbocycles. The van der Waals surface area contributed by atoms with E-state index in [1.807, 2.05) is 0 Å². The molecule has 0 saturated heterocycles. The SMILES string of the molecule is C=C[C@@H](O)C[Si](C)(C)C. The highest BCUT2D eigenvalue weighted by atomic mass is 28.3. The van der Waals surface area contributed by atoms with E-state index in [9.17, 15) is 0 Å². The lowest BCUT2D eigenvalue weighted by Gasteiger charge is -2.17. The highest BCUT2D eigenvalue weighted by Gasteiger charge is 2.15. The summed E-state index contributed by atoms with van der Waals surface area (Å²) in [6.07, 6.45) is 1.33. The van der Waals surface area contributed by atoms with Gasteiger partial charge in [0, 0.05) is 8.07 Å². The van der Waals surface area contributed by atoms with Crippen LogP contribution in [0, 0.1) is 0 Å². The molecule has 0 aliphatic carbocycles. The predicted octanol–water partition coefficient (Wildman–Crippen LogP) is 1.87. The minimum atomic E-state index is -1.06. The fourth-order valence-corrected chi connectivity index (χ4v) is 2.13. The first-order valence-electron chi connectivity index (χ1n) is 3.26. The third kappa shape index (κ3) is 5.79. The summed E-state index contributed by atoms with van der Waals surface area (Å²) in [6, 6.07) is 0.927. The van der Waals surface area contributed by atoms with Gasteiger partial charge >= 0.3 is 0 Å². The molecule has 0 bridgehead atoms. The van der Waals surface area contributed by atoms with Gasteiger partial charge in [-0.15, -0.1) is 6.58 Å². The molecule has 0 radical (unpaired) electrons. The summed E-state index contributed by atoms with van der Waals surface area (Å²) in [7, 11) is -1.06. The van der Waals surface area contributed by atoms with E-state index in [0.29, 0.717) is 0 Å². The predicted molar refractivity (Wildman–Crippen MR) is 44.4 cm³/mol. The van der Waals surface area contributed by atoms with E-state index in [0.717, 1.165) is 6.04 Å². The normalized spacial score (nSPS) is 15.1. The zero-order valence-corrected chi connectivity index (χ0v) is 7.52. The number of aliphatic hydroxyl groups is 1. The van der Waals surface area contributed by atoms with Crippen molar-refractivity contribution in [2.24, 2.45) is 0 Å². The summed E-state index contributed by atoms with van der Waals surface area (Å²) in [5, 5.41) is 9.11. The third-order valence-corrected chi connectivity index (χ3v) is 2.74. The Morgan fingerprint density at radius 3 is 2.11 bits per heavy atom. The van der Waals surface area contributed by atoms with E-state index in [1.54, 1.807) is 6.08 Å². The van der Waals surface area contributed by atoms with E-state index in [2.05, 4.69) is 26.2 Å². The number of hydrogen-bond acceptors (Lipinski definition) is 1. The summed E-state index contributed by atoms with van der Waals surface area (Å²) in [4.78, 5) is 0. The summed E-state index contributed by atoms with van der Waals surface area (Å²) < 4.78 is 0. The van der Waals surface area contributed by atoms with Crippen LogP contribution in [-0.4, -0.2) is 19.3 Å². The molecule has 1 nitrogen and oxygen atoms in total. The maximum Gasteiger partial charge on any atom is 0.0694 e. The number of aliphatic hydroxyl groups excluding tert-OH is 1. The highest BCUT2D eigenvalue weighted by Crippen LogP contribution is 2.11. The van der Waals surface area contributed by atoms with E-state index < -0.39 is 8.07 Å². The Balaban J connectivity index is 3.59. The van der Waals surface area contributed by atoms with E-state index in [-0.39, 0.29) is 6.10 Å². The number of hydrogen-bond donors (Lipinski definition) is 1. The van der Waals surface area contributed by atoms with Crippen molar-refractivity contribution in [2.45, 2.75) is 31.8 Å². The first kappa shape index (κ1) is 8.92. The van der Waals surface area contributed by atoms with Crippen molar-refractivity contribution in [1.82, 2.24) is 0 Å². The van der Waals surface area contributed by atoms with E-state index in [1.165, 1.54) is 0 Å². The topological polar surface area (TPSA) is 20.2 Å². The molecule has 0 amide bonds. The van der Waals surface area contributed by atoms with Gasteiger partial charge in [0.25, 0.3) is 0 Å². The zero-order chi connectivity index (χ0) is 7.49. The Morgan fingerprint density at radius 2 is 2.00 bits per heavy atom. The van der Waals surface area contributed by atoms with Crippen molar-refractivity contribution in [3.05, 3.63) is 12.7 Å². The van der Waals surface area contributed by atoms with Crippen LogP contribution in [0.3, 0.4) is 0 Å². The Labute approximate surface area is 58.4 Å². The molecule has 0 aromatic heterocycles. The Morgan fingerprint density at radius 1 is 1.56 bits per heavy atom. The Bertz CT molecular complexity index is 93.6. The molecule has 0 rings (SSSR count). The second-order valence-electron chi connectivity index (χ2n) is 3.57. The van der Waals surface area contributed by atoms with Gasteiger partial charge < -0.3 is 5.11 Å². The van der Waals surface area contributed by atoms with Gasteiger partial charge in [0.15, 0.2) is 0 Å². The molecule has 54 valence electrons. The molecule has 0 fully saturated rings. The van der Waals surface area contributed by atoms with Crippen molar-refractivity contribution in [1.29, 1.82) is 0 Å². The van der Waals surface area contributed by atoms with Gasteiger partial charge in [-0.3, -0.25) is 0 Å². The van der Waals surface area contributed by atoms with Crippen molar-refractivity contribution >= 4 is 8.07 Å². The van der Waals surface area contributed by atoms with Gasteiger partial charge in [-0.25, -0.2) is 0 Å². The average molecular weight is 144 g/mol. The molecular weight excluding hydrogens is 128 g/mol. The molecule has 0 heterocycles. The summed E-state index contributed by atoms with van der Waals surface area (Å²) >= 11 is 0.